The van der Waals surface area contributed by atoms with E-state index in [0.29, 0.717) is 12.8 Å². The van der Waals surface area contributed by atoms with Crippen molar-refractivity contribution >= 4 is 12.2 Å². The van der Waals surface area contributed by atoms with E-state index in [1.54, 1.807) is 41.5 Å². The number of ether oxygens (including phenoxy) is 2. The maximum atomic E-state index is 12.9. The van der Waals surface area contributed by atoms with Crippen LogP contribution in [0.15, 0.2) is 30.3 Å². The Morgan fingerprint density at radius 1 is 0.964 bits per heavy atom. The Morgan fingerprint density at radius 3 is 1.82 bits per heavy atom. The molecule has 0 saturated heterocycles. The van der Waals surface area contributed by atoms with Crippen molar-refractivity contribution < 1.29 is 24.2 Å². The number of benzene rings is 1. The summed E-state index contributed by atoms with van der Waals surface area (Å²) in [6.45, 7) is 12.3. The van der Waals surface area contributed by atoms with Crippen LogP contribution in [0.2, 0.25) is 0 Å². The molecule has 1 aromatic rings. The van der Waals surface area contributed by atoms with Gasteiger partial charge >= 0.3 is 12.2 Å². The number of imide groups is 1. The fraction of sp³-hybridized carbons (Fsp3) is 0.636. The number of carbonyl (C=O) groups is 2. The van der Waals surface area contributed by atoms with E-state index >= 15 is 0 Å². The zero-order chi connectivity index (χ0) is 21.5. The van der Waals surface area contributed by atoms with Crippen molar-refractivity contribution in [2.75, 3.05) is 6.61 Å². The van der Waals surface area contributed by atoms with Crippen LogP contribution in [0.25, 0.3) is 0 Å². The van der Waals surface area contributed by atoms with E-state index in [1.807, 2.05) is 37.3 Å². The Labute approximate surface area is 168 Å². The smallest absolute Gasteiger partial charge is 0.420 e. The van der Waals surface area contributed by atoms with E-state index in [4.69, 9.17) is 9.47 Å². The van der Waals surface area contributed by atoms with Crippen LogP contribution in [0.5, 0.6) is 0 Å². The predicted molar refractivity (Wildman–Crippen MR) is 109 cm³/mol. The number of rotatable bonds is 6. The molecule has 0 bridgehead atoms. The third kappa shape index (κ3) is 8.74. The lowest BCUT2D eigenvalue weighted by atomic mass is 9.95. The molecule has 28 heavy (non-hydrogen) atoms. The fourth-order valence-corrected chi connectivity index (χ4v) is 2.70. The van der Waals surface area contributed by atoms with E-state index in [1.165, 1.54) is 0 Å². The third-order valence-electron chi connectivity index (χ3n) is 3.85. The van der Waals surface area contributed by atoms with Gasteiger partial charge in [-0.2, -0.15) is 0 Å². The second-order valence-electron chi connectivity index (χ2n) is 9.20. The van der Waals surface area contributed by atoms with Crippen molar-refractivity contribution in [3.8, 4) is 0 Å². The second kappa shape index (κ2) is 9.92. The van der Waals surface area contributed by atoms with E-state index in [-0.39, 0.29) is 12.5 Å². The molecule has 0 aliphatic heterocycles. The molecular formula is C22H35NO5. The largest absolute Gasteiger partial charge is 0.443 e. The normalized spacial score (nSPS) is 14.1. The molecule has 2 atom stereocenters. The van der Waals surface area contributed by atoms with Crippen molar-refractivity contribution in [2.24, 2.45) is 5.92 Å². The summed E-state index contributed by atoms with van der Waals surface area (Å²) in [4.78, 5) is 26.9. The molecule has 0 aromatic heterocycles. The van der Waals surface area contributed by atoms with Gasteiger partial charge in [-0.1, -0.05) is 37.3 Å². The standard InChI is InChI=1S/C22H35NO5/c1-16(15-24)13-18(14-17-11-9-8-10-12-17)23(19(25)27-21(2,3)4)20(26)28-22(5,6)7/h8-12,16,18,24H,13-15H2,1-7H3/t16-,18+/m0/s1. The zero-order valence-corrected chi connectivity index (χ0v) is 18.2. The zero-order valence-electron chi connectivity index (χ0n) is 18.2. The van der Waals surface area contributed by atoms with Crippen LogP contribution >= 0.6 is 0 Å². The first-order chi connectivity index (χ1) is 12.8. The number of amides is 2. The van der Waals surface area contributed by atoms with Gasteiger partial charge in [-0.15, -0.1) is 0 Å². The van der Waals surface area contributed by atoms with Gasteiger partial charge in [-0.05, 0) is 65.9 Å². The summed E-state index contributed by atoms with van der Waals surface area (Å²) in [5.74, 6) is -0.0962. The van der Waals surface area contributed by atoms with Gasteiger partial charge in [0.05, 0.1) is 6.04 Å². The van der Waals surface area contributed by atoms with Crippen LogP contribution in [0.4, 0.5) is 9.59 Å². The van der Waals surface area contributed by atoms with Crippen molar-refractivity contribution in [3.05, 3.63) is 35.9 Å². The minimum absolute atomic E-state index is 0.0399. The molecule has 0 saturated carbocycles. The maximum absolute atomic E-state index is 12.9. The van der Waals surface area contributed by atoms with Crippen LogP contribution in [0, 0.1) is 5.92 Å². The molecule has 2 amide bonds. The lowest BCUT2D eigenvalue weighted by Gasteiger charge is -2.34. The highest BCUT2D eigenvalue weighted by Gasteiger charge is 2.37. The quantitative estimate of drug-likeness (QED) is 0.752. The topological polar surface area (TPSA) is 76.1 Å². The lowest BCUT2D eigenvalue weighted by molar-refractivity contribution is -0.00995. The maximum Gasteiger partial charge on any atom is 0.420 e. The van der Waals surface area contributed by atoms with Crippen molar-refractivity contribution in [1.29, 1.82) is 0 Å². The van der Waals surface area contributed by atoms with Crippen LogP contribution in [0.1, 0.15) is 60.5 Å². The molecule has 6 nitrogen and oxygen atoms in total. The monoisotopic (exact) mass is 393 g/mol. The summed E-state index contributed by atoms with van der Waals surface area (Å²) in [6, 6.07) is 9.11. The molecule has 1 N–H and O–H groups in total. The summed E-state index contributed by atoms with van der Waals surface area (Å²) in [5.41, 5.74) is -0.524. The Kier molecular flexibility index (Phi) is 8.48. The van der Waals surface area contributed by atoms with Crippen molar-refractivity contribution in [1.82, 2.24) is 4.90 Å². The average Bonchev–Trinajstić information content (AvgIpc) is 2.52. The summed E-state index contributed by atoms with van der Waals surface area (Å²) in [6.07, 6.45) is -0.603. The highest BCUT2D eigenvalue weighted by molar-refractivity contribution is 5.88. The van der Waals surface area contributed by atoms with Crippen LogP contribution in [-0.2, 0) is 15.9 Å². The highest BCUT2D eigenvalue weighted by Crippen LogP contribution is 2.23. The van der Waals surface area contributed by atoms with Gasteiger partial charge in [-0.25, -0.2) is 14.5 Å². The molecule has 0 fully saturated rings. The Bertz CT molecular complexity index is 603. The van der Waals surface area contributed by atoms with Crippen LogP contribution < -0.4 is 0 Å². The van der Waals surface area contributed by atoms with Gasteiger partial charge in [0.25, 0.3) is 0 Å². The van der Waals surface area contributed by atoms with E-state index in [0.717, 1.165) is 10.5 Å². The molecular weight excluding hydrogens is 358 g/mol. The predicted octanol–water partition coefficient (Wildman–Crippen LogP) is 4.79. The molecule has 0 unspecified atom stereocenters. The fourth-order valence-electron chi connectivity index (χ4n) is 2.70. The SMILES string of the molecule is C[C@H](CO)C[C@H](Cc1ccccc1)N(C(=O)OC(C)(C)C)C(=O)OC(C)(C)C. The minimum atomic E-state index is -0.753. The number of nitrogens with zero attached hydrogens (tertiary/aromatic N) is 1. The van der Waals surface area contributed by atoms with Gasteiger partial charge in [-0.3, -0.25) is 0 Å². The summed E-state index contributed by atoms with van der Waals surface area (Å²) in [5, 5.41) is 9.53. The number of hydrogen-bond acceptors (Lipinski definition) is 5. The summed E-state index contributed by atoms with van der Waals surface area (Å²) < 4.78 is 11.0. The molecule has 1 aromatic carbocycles. The van der Waals surface area contributed by atoms with Gasteiger partial charge in [0, 0.05) is 6.61 Å². The Hall–Kier alpha value is -2.08. The molecule has 158 valence electrons. The minimum Gasteiger partial charge on any atom is -0.443 e. The third-order valence-corrected chi connectivity index (χ3v) is 3.85. The molecule has 0 radical (unpaired) electrons. The molecule has 0 spiro atoms. The number of aliphatic hydroxyl groups is 1. The van der Waals surface area contributed by atoms with Crippen molar-refractivity contribution in [2.45, 2.75) is 78.6 Å². The molecule has 6 heteroatoms. The first-order valence-electron chi connectivity index (χ1n) is 9.72. The summed E-state index contributed by atoms with van der Waals surface area (Å²) in [7, 11) is 0. The molecule has 0 heterocycles. The number of hydrogen-bond donors (Lipinski definition) is 1. The lowest BCUT2D eigenvalue weighted by Crippen LogP contribution is -2.50. The van der Waals surface area contributed by atoms with Gasteiger partial charge < -0.3 is 14.6 Å². The van der Waals surface area contributed by atoms with Crippen LogP contribution in [-0.4, -0.2) is 46.0 Å². The Morgan fingerprint density at radius 2 is 1.43 bits per heavy atom. The molecule has 0 aliphatic rings. The highest BCUT2D eigenvalue weighted by atomic mass is 16.6. The first-order valence-corrected chi connectivity index (χ1v) is 9.72. The van der Waals surface area contributed by atoms with Crippen LogP contribution in [0.3, 0.4) is 0 Å². The Balaban J connectivity index is 3.25. The van der Waals surface area contributed by atoms with E-state index in [9.17, 15) is 14.7 Å². The van der Waals surface area contributed by atoms with E-state index in [2.05, 4.69) is 0 Å². The van der Waals surface area contributed by atoms with Gasteiger partial charge in [0.15, 0.2) is 0 Å². The summed E-state index contributed by atoms with van der Waals surface area (Å²) >= 11 is 0. The molecule has 0 aliphatic carbocycles. The second-order valence-corrected chi connectivity index (χ2v) is 9.20. The van der Waals surface area contributed by atoms with Gasteiger partial charge in [0.2, 0.25) is 0 Å². The van der Waals surface area contributed by atoms with E-state index < -0.39 is 29.4 Å². The van der Waals surface area contributed by atoms with Gasteiger partial charge in [0.1, 0.15) is 11.2 Å². The first kappa shape index (κ1) is 24.0. The number of carbonyl (C=O) groups excluding carboxylic acids is 2. The van der Waals surface area contributed by atoms with Crippen molar-refractivity contribution in [3.63, 3.8) is 0 Å². The molecule has 1 rings (SSSR count). The number of aliphatic hydroxyl groups excluding tert-OH is 1. The average molecular weight is 394 g/mol.